The summed E-state index contributed by atoms with van der Waals surface area (Å²) in [5, 5.41) is 2.02. The molecule has 0 fully saturated rings. The molecule has 10 heteroatoms. The van der Waals surface area contributed by atoms with Crippen LogP contribution in [-0.2, 0) is 21.0 Å². The molecule has 28 heavy (non-hydrogen) atoms. The molecule has 0 heterocycles. The molecule has 0 unspecified atom stereocenters. The van der Waals surface area contributed by atoms with E-state index in [2.05, 4.69) is 5.32 Å². The number of alkyl halides is 3. The fourth-order valence-corrected chi connectivity index (χ4v) is 3.57. The fourth-order valence-electron chi connectivity index (χ4n) is 2.49. The monoisotopic (exact) mass is 434 g/mol. The third-order valence-electron chi connectivity index (χ3n) is 4.11. The van der Waals surface area contributed by atoms with E-state index in [4.69, 9.17) is 11.6 Å². The van der Waals surface area contributed by atoms with Crippen LogP contribution in [0, 0.1) is 13.8 Å². The van der Waals surface area contributed by atoms with Crippen LogP contribution in [0.4, 0.5) is 24.5 Å². The van der Waals surface area contributed by atoms with Gasteiger partial charge < -0.3 is 5.32 Å². The van der Waals surface area contributed by atoms with E-state index in [1.54, 1.807) is 19.1 Å². The smallest absolute Gasteiger partial charge is 0.324 e. The van der Waals surface area contributed by atoms with Crippen molar-refractivity contribution in [2.24, 2.45) is 0 Å². The molecule has 0 saturated carbocycles. The Kier molecular flexibility index (Phi) is 6.30. The highest BCUT2D eigenvalue weighted by atomic mass is 35.5. The first-order chi connectivity index (χ1) is 12.8. The van der Waals surface area contributed by atoms with Gasteiger partial charge >= 0.3 is 6.18 Å². The lowest BCUT2D eigenvalue weighted by Gasteiger charge is -2.23. The summed E-state index contributed by atoms with van der Waals surface area (Å²) >= 11 is 5.58. The lowest BCUT2D eigenvalue weighted by atomic mass is 10.1. The van der Waals surface area contributed by atoms with Crippen LogP contribution in [0.5, 0.6) is 0 Å². The second kappa shape index (κ2) is 8.00. The summed E-state index contributed by atoms with van der Waals surface area (Å²) in [6, 6.07) is 7.88. The average molecular weight is 435 g/mol. The molecule has 0 aromatic heterocycles. The van der Waals surface area contributed by atoms with Crippen LogP contribution in [0.3, 0.4) is 0 Å². The molecule has 2 aromatic carbocycles. The summed E-state index contributed by atoms with van der Waals surface area (Å²) in [5.41, 5.74) is 0.717. The number of nitrogens with one attached hydrogen (secondary N) is 1. The van der Waals surface area contributed by atoms with Gasteiger partial charge in [-0.25, -0.2) is 8.42 Å². The second-order valence-corrected chi connectivity index (χ2v) is 8.54. The van der Waals surface area contributed by atoms with E-state index in [1.807, 2.05) is 13.0 Å². The summed E-state index contributed by atoms with van der Waals surface area (Å²) in [7, 11) is -4.04. The molecule has 0 aliphatic rings. The van der Waals surface area contributed by atoms with Gasteiger partial charge in [-0.3, -0.25) is 9.10 Å². The van der Waals surface area contributed by atoms with Gasteiger partial charge in [-0.2, -0.15) is 13.2 Å². The second-order valence-electron chi connectivity index (χ2n) is 6.23. The first-order valence-electron chi connectivity index (χ1n) is 8.01. The number of nitrogens with zero attached hydrogens (tertiary/aromatic N) is 1. The van der Waals surface area contributed by atoms with Crippen LogP contribution in [-0.4, -0.2) is 27.1 Å². The summed E-state index contributed by atoms with van der Waals surface area (Å²) in [6.07, 6.45) is -3.96. The summed E-state index contributed by atoms with van der Waals surface area (Å²) in [6.45, 7) is 2.94. The van der Waals surface area contributed by atoms with Crippen molar-refractivity contribution in [1.82, 2.24) is 0 Å². The number of halogens is 4. The maximum Gasteiger partial charge on any atom is 0.417 e. The van der Waals surface area contributed by atoms with Crippen molar-refractivity contribution in [2.45, 2.75) is 20.0 Å². The maximum absolute atomic E-state index is 13.1. The van der Waals surface area contributed by atoms with Crippen LogP contribution in [0.2, 0.25) is 5.02 Å². The van der Waals surface area contributed by atoms with Gasteiger partial charge in [0.1, 0.15) is 6.54 Å². The first kappa shape index (κ1) is 22.0. The molecular weight excluding hydrogens is 417 g/mol. The number of carbonyl (C=O) groups excluding carboxylic acids is 1. The van der Waals surface area contributed by atoms with Crippen molar-refractivity contribution < 1.29 is 26.4 Å². The van der Waals surface area contributed by atoms with Crippen molar-refractivity contribution in [3.8, 4) is 0 Å². The van der Waals surface area contributed by atoms with Crippen LogP contribution in [0.25, 0.3) is 0 Å². The highest BCUT2D eigenvalue weighted by molar-refractivity contribution is 7.92. The highest BCUT2D eigenvalue weighted by Gasteiger charge is 2.34. The van der Waals surface area contributed by atoms with Crippen molar-refractivity contribution in [2.75, 3.05) is 22.4 Å². The molecule has 152 valence electrons. The topological polar surface area (TPSA) is 66.5 Å². The molecular formula is C18H18ClF3N2O3S. The third-order valence-corrected chi connectivity index (χ3v) is 5.58. The van der Waals surface area contributed by atoms with E-state index >= 15 is 0 Å². The van der Waals surface area contributed by atoms with Crippen LogP contribution in [0.15, 0.2) is 36.4 Å². The van der Waals surface area contributed by atoms with E-state index in [9.17, 15) is 26.4 Å². The highest BCUT2D eigenvalue weighted by Crippen LogP contribution is 2.37. The van der Waals surface area contributed by atoms with Gasteiger partial charge in [0.15, 0.2) is 0 Å². The molecule has 0 radical (unpaired) electrons. The zero-order valence-corrected chi connectivity index (χ0v) is 16.8. The lowest BCUT2D eigenvalue weighted by molar-refractivity contribution is -0.137. The standard InChI is InChI=1S/C18H18ClF3N2O3S/c1-11-5-4-6-16(12(11)2)23-17(25)10-24(28(3,26)27)13-7-8-15(19)14(9-13)18(20,21)22/h4-9H,10H2,1-3H3,(H,23,25). The Morgan fingerprint density at radius 2 is 1.82 bits per heavy atom. The molecule has 0 aliphatic carbocycles. The molecule has 0 saturated heterocycles. The van der Waals surface area contributed by atoms with Gasteiger partial charge in [-0.05, 0) is 49.2 Å². The Bertz CT molecular complexity index is 1010. The summed E-state index contributed by atoms with van der Waals surface area (Å²) < 4.78 is 64.1. The van der Waals surface area contributed by atoms with E-state index < -0.39 is 39.2 Å². The van der Waals surface area contributed by atoms with E-state index in [0.29, 0.717) is 16.1 Å². The Morgan fingerprint density at radius 1 is 1.18 bits per heavy atom. The maximum atomic E-state index is 13.1. The minimum Gasteiger partial charge on any atom is -0.324 e. The summed E-state index contributed by atoms with van der Waals surface area (Å²) in [4.78, 5) is 12.4. The Hall–Kier alpha value is -2.26. The van der Waals surface area contributed by atoms with Gasteiger partial charge in [0.05, 0.1) is 22.5 Å². The molecule has 1 amide bonds. The number of hydrogen-bond donors (Lipinski definition) is 1. The van der Waals surface area contributed by atoms with Crippen molar-refractivity contribution in [3.63, 3.8) is 0 Å². The first-order valence-corrected chi connectivity index (χ1v) is 10.2. The van der Waals surface area contributed by atoms with Crippen molar-refractivity contribution in [3.05, 3.63) is 58.1 Å². The minimum atomic E-state index is -4.77. The Labute approximate surface area is 166 Å². The van der Waals surface area contributed by atoms with Gasteiger partial charge in [-0.15, -0.1) is 0 Å². The average Bonchev–Trinajstić information content (AvgIpc) is 2.55. The number of anilines is 2. The summed E-state index contributed by atoms with van der Waals surface area (Å²) in [5.74, 6) is -0.692. The number of aryl methyl sites for hydroxylation is 1. The zero-order valence-electron chi connectivity index (χ0n) is 15.3. The number of hydrogen-bond acceptors (Lipinski definition) is 3. The normalized spacial score (nSPS) is 12.0. The number of rotatable bonds is 5. The SMILES string of the molecule is Cc1cccc(NC(=O)CN(c2ccc(Cl)c(C(F)(F)F)c2)S(C)(=O)=O)c1C. The Morgan fingerprint density at radius 3 is 2.39 bits per heavy atom. The van der Waals surface area contributed by atoms with Gasteiger partial charge in [-0.1, -0.05) is 23.7 Å². The van der Waals surface area contributed by atoms with Crippen molar-refractivity contribution in [1.29, 1.82) is 0 Å². The molecule has 0 bridgehead atoms. The van der Waals surface area contributed by atoms with Gasteiger partial charge in [0.2, 0.25) is 15.9 Å². The minimum absolute atomic E-state index is 0.310. The molecule has 2 aromatic rings. The van der Waals surface area contributed by atoms with E-state index in [1.165, 1.54) is 0 Å². The van der Waals surface area contributed by atoms with Gasteiger partial charge in [0, 0.05) is 5.69 Å². The molecule has 0 atom stereocenters. The molecule has 0 aliphatic heterocycles. The van der Waals surface area contributed by atoms with E-state index in [0.717, 1.165) is 29.5 Å². The number of sulfonamides is 1. The van der Waals surface area contributed by atoms with E-state index in [-0.39, 0.29) is 5.69 Å². The molecule has 2 rings (SSSR count). The fraction of sp³-hybridized carbons (Fsp3) is 0.278. The number of benzene rings is 2. The molecule has 5 nitrogen and oxygen atoms in total. The predicted molar refractivity (Wildman–Crippen MR) is 103 cm³/mol. The number of amides is 1. The van der Waals surface area contributed by atoms with Gasteiger partial charge in [0.25, 0.3) is 0 Å². The molecule has 0 spiro atoms. The lowest BCUT2D eigenvalue weighted by Crippen LogP contribution is -2.37. The van der Waals surface area contributed by atoms with Crippen LogP contribution in [0.1, 0.15) is 16.7 Å². The Balaban J connectivity index is 2.36. The van der Waals surface area contributed by atoms with Crippen LogP contribution >= 0.6 is 11.6 Å². The quantitative estimate of drug-likeness (QED) is 0.759. The number of carbonyl (C=O) groups is 1. The zero-order chi connectivity index (χ0) is 21.3. The van der Waals surface area contributed by atoms with Crippen LogP contribution < -0.4 is 9.62 Å². The predicted octanol–water partition coefficient (Wildman–Crippen LogP) is 4.38. The molecule has 1 N–H and O–H groups in total. The third kappa shape index (κ3) is 5.17. The van der Waals surface area contributed by atoms with Crippen molar-refractivity contribution >= 4 is 38.9 Å². The largest absolute Gasteiger partial charge is 0.417 e.